The van der Waals surface area contributed by atoms with Crippen LogP contribution in [-0.4, -0.2) is 17.6 Å². The van der Waals surface area contributed by atoms with E-state index in [1.165, 1.54) is 12.8 Å². The molecule has 1 aromatic heterocycles. The standard InChI is InChI=1S/C15H23NO3/c1-10-8-13(11(2)19-10)15(3,18)9-16-14(17)7-6-12-4-5-12/h8,12,18H,4-7,9H2,1-3H3,(H,16,17). The van der Waals surface area contributed by atoms with Crippen LogP contribution in [0.2, 0.25) is 0 Å². The Bertz CT molecular complexity index is 458. The molecule has 2 rings (SSSR count). The van der Waals surface area contributed by atoms with Crippen LogP contribution in [0.1, 0.15) is 49.7 Å². The number of rotatable bonds is 6. The molecule has 0 aliphatic heterocycles. The third-order valence-corrected chi connectivity index (χ3v) is 3.73. The summed E-state index contributed by atoms with van der Waals surface area (Å²) in [6, 6.07) is 1.83. The van der Waals surface area contributed by atoms with E-state index in [4.69, 9.17) is 4.42 Å². The van der Waals surface area contributed by atoms with E-state index < -0.39 is 5.60 Å². The van der Waals surface area contributed by atoms with Crippen LogP contribution < -0.4 is 5.32 Å². The second kappa shape index (κ2) is 5.37. The van der Waals surface area contributed by atoms with Crippen LogP contribution in [0.25, 0.3) is 0 Å². The molecule has 0 bridgehead atoms. The molecule has 4 heteroatoms. The Hall–Kier alpha value is -1.29. The molecule has 1 aliphatic carbocycles. The van der Waals surface area contributed by atoms with E-state index in [0.29, 0.717) is 12.2 Å². The minimum atomic E-state index is -1.09. The molecule has 4 nitrogen and oxygen atoms in total. The minimum Gasteiger partial charge on any atom is -0.466 e. The first-order valence-corrected chi connectivity index (χ1v) is 6.95. The summed E-state index contributed by atoms with van der Waals surface area (Å²) >= 11 is 0. The van der Waals surface area contributed by atoms with E-state index in [0.717, 1.165) is 23.7 Å². The molecule has 1 amide bonds. The van der Waals surface area contributed by atoms with Gasteiger partial charge in [-0.2, -0.15) is 0 Å². The highest BCUT2D eigenvalue weighted by atomic mass is 16.3. The van der Waals surface area contributed by atoms with Crippen molar-refractivity contribution in [2.75, 3.05) is 6.54 Å². The van der Waals surface area contributed by atoms with Crippen LogP contribution in [-0.2, 0) is 10.4 Å². The quantitative estimate of drug-likeness (QED) is 0.830. The zero-order chi connectivity index (χ0) is 14.0. The maximum absolute atomic E-state index is 11.7. The van der Waals surface area contributed by atoms with E-state index in [9.17, 15) is 9.90 Å². The van der Waals surface area contributed by atoms with Crippen LogP contribution in [0.5, 0.6) is 0 Å². The number of furan rings is 1. The molecule has 1 unspecified atom stereocenters. The first-order chi connectivity index (χ1) is 8.88. The molecule has 19 heavy (non-hydrogen) atoms. The third kappa shape index (κ3) is 3.83. The third-order valence-electron chi connectivity index (χ3n) is 3.73. The van der Waals surface area contributed by atoms with Gasteiger partial charge < -0.3 is 14.8 Å². The van der Waals surface area contributed by atoms with Crippen LogP contribution >= 0.6 is 0 Å². The van der Waals surface area contributed by atoms with Gasteiger partial charge in [0.15, 0.2) is 0 Å². The van der Waals surface area contributed by atoms with Crippen molar-refractivity contribution in [2.24, 2.45) is 5.92 Å². The molecule has 1 aliphatic rings. The number of aryl methyl sites for hydroxylation is 2. The van der Waals surface area contributed by atoms with Crippen LogP contribution in [0.3, 0.4) is 0 Å². The number of amides is 1. The first kappa shape index (κ1) is 14.1. The molecule has 0 aromatic carbocycles. The summed E-state index contributed by atoms with van der Waals surface area (Å²) in [5.74, 6) is 2.25. The van der Waals surface area contributed by atoms with Gasteiger partial charge in [0, 0.05) is 12.0 Å². The molecule has 1 aromatic rings. The molecule has 1 atom stereocenters. The summed E-state index contributed by atoms with van der Waals surface area (Å²) in [5, 5.41) is 13.3. The zero-order valence-corrected chi connectivity index (χ0v) is 12.0. The maximum Gasteiger partial charge on any atom is 0.220 e. The SMILES string of the molecule is Cc1cc(C(C)(O)CNC(=O)CCC2CC2)c(C)o1. The number of aliphatic hydroxyl groups is 1. The Balaban J connectivity index is 1.85. The average molecular weight is 265 g/mol. The van der Waals surface area contributed by atoms with Gasteiger partial charge in [0.1, 0.15) is 17.1 Å². The number of nitrogens with one attached hydrogen (secondary N) is 1. The van der Waals surface area contributed by atoms with Crippen molar-refractivity contribution in [3.63, 3.8) is 0 Å². The Kier molecular flexibility index (Phi) is 3.99. The van der Waals surface area contributed by atoms with Gasteiger partial charge >= 0.3 is 0 Å². The lowest BCUT2D eigenvalue weighted by Gasteiger charge is -2.23. The summed E-state index contributed by atoms with van der Waals surface area (Å²) in [6.07, 6.45) is 4.05. The van der Waals surface area contributed by atoms with Crippen molar-refractivity contribution in [1.29, 1.82) is 0 Å². The number of carbonyl (C=O) groups excluding carboxylic acids is 1. The van der Waals surface area contributed by atoms with E-state index >= 15 is 0 Å². The fraction of sp³-hybridized carbons (Fsp3) is 0.667. The van der Waals surface area contributed by atoms with Gasteiger partial charge in [-0.05, 0) is 39.2 Å². The predicted molar refractivity (Wildman–Crippen MR) is 72.7 cm³/mol. The van der Waals surface area contributed by atoms with E-state index in [1.807, 2.05) is 19.9 Å². The van der Waals surface area contributed by atoms with E-state index in [2.05, 4.69) is 5.32 Å². The predicted octanol–water partition coefficient (Wildman–Crippen LogP) is 2.41. The highest BCUT2D eigenvalue weighted by Crippen LogP contribution is 2.33. The minimum absolute atomic E-state index is 0.0186. The number of hydrogen-bond acceptors (Lipinski definition) is 3. The molecular weight excluding hydrogens is 242 g/mol. The summed E-state index contributed by atoms with van der Waals surface area (Å²) in [4.78, 5) is 11.7. The molecular formula is C15H23NO3. The van der Waals surface area contributed by atoms with Crippen molar-refractivity contribution in [2.45, 2.75) is 52.1 Å². The van der Waals surface area contributed by atoms with Gasteiger partial charge in [-0.15, -0.1) is 0 Å². The summed E-state index contributed by atoms with van der Waals surface area (Å²) in [6.45, 7) is 5.59. The molecule has 106 valence electrons. The summed E-state index contributed by atoms with van der Waals surface area (Å²) in [7, 11) is 0. The van der Waals surface area contributed by atoms with Gasteiger partial charge in [0.2, 0.25) is 5.91 Å². The molecule has 2 N–H and O–H groups in total. The summed E-state index contributed by atoms with van der Waals surface area (Å²) < 4.78 is 5.42. The van der Waals surface area contributed by atoms with Gasteiger partial charge in [0.25, 0.3) is 0 Å². The molecule has 0 spiro atoms. The lowest BCUT2D eigenvalue weighted by Crippen LogP contribution is -2.38. The second-order valence-corrected chi connectivity index (χ2v) is 5.86. The van der Waals surface area contributed by atoms with Crippen LogP contribution in [0.4, 0.5) is 0 Å². The topological polar surface area (TPSA) is 62.5 Å². The Morgan fingerprint density at radius 3 is 2.74 bits per heavy atom. The van der Waals surface area contributed by atoms with Crippen molar-refractivity contribution in [3.05, 3.63) is 23.2 Å². The maximum atomic E-state index is 11.7. The van der Waals surface area contributed by atoms with Crippen LogP contribution in [0.15, 0.2) is 10.5 Å². The molecule has 0 saturated heterocycles. The Morgan fingerprint density at radius 1 is 1.53 bits per heavy atom. The van der Waals surface area contributed by atoms with Gasteiger partial charge in [-0.1, -0.05) is 12.8 Å². The van der Waals surface area contributed by atoms with E-state index in [1.54, 1.807) is 6.92 Å². The second-order valence-electron chi connectivity index (χ2n) is 5.86. The lowest BCUT2D eigenvalue weighted by atomic mass is 9.96. The molecule has 1 heterocycles. The fourth-order valence-electron chi connectivity index (χ4n) is 2.36. The Labute approximate surface area is 114 Å². The van der Waals surface area contributed by atoms with Crippen LogP contribution in [0, 0.1) is 19.8 Å². The fourth-order valence-corrected chi connectivity index (χ4v) is 2.36. The van der Waals surface area contributed by atoms with Crippen molar-refractivity contribution in [1.82, 2.24) is 5.32 Å². The lowest BCUT2D eigenvalue weighted by molar-refractivity contribution is -0.122. The smallest absolute Gasteiger partial charge is 0.220 e. The average Bonchev–Trinajstić information content (AvgIpc) is 3.09. The largest absolute Gasteiger partial charge is 0.466 e. The molecule has 1 fully saturated rings. The first-order valence-electron chi connectivity index (χ1n) is 6.95. The van der Waals surface area contributed by atoms with Gasteiger partial charge in [-0.25, -0.2) is 0 Å². The van der Waals surface area contributed by atoms with Gasteiger partial charge in [0.05, 0.1) is 6.54 Å². The molecule has 1 saturated carbocycles. The normalized spacial score (nSPS) is 18.1. The summed E-state index contributed by atoms with van der Waals surface area (Å²) in [5.41, 5.74) is -0.343. The highest BCUT2D eigenvalue weighted by molar-refractivity contribution is 5.76. The monoisotopic (exact) mass is 265 g/mol. The number of carbonyl (C=O) groups is 1. The molecule has 0 radical (unpaired) electrons. The number of hydrogen-bond donors (Lipinski definition) is 2. The van der Waals surface area contributed by atoms with E-state index in [-0.39, 0.29) is 12.5 Å². The Morgan fingerprint density at radius 2 is 2.21 bits per heavy atom. The van der Waals surface area contributed by atoms with Crippen molar-refractivity contribution >= 4 is 5.91 Å². The van der Waals surface area contributed by atoms with Crippen molar-refractivity contribution in [3.8, 4) is 0 Å². The highest BCUT2D eigenvalue weighted by Gasteiger charge is 2.28. The zero-order valence-electron chi connectivity index (χ0n) is 12.0. The van der Waals surface area contributed by atoms with Gasteiger partial charge in [-0.3, -0.25) is 4.79 Å². The van der Waals surface area contributed by atoms with Crippen molar-refractivity contribution < 1.29 is 14.3 Å².